The van der Waals surface area contributed by atoms with Crippen molar-refractivity contribution in [3.8, 4) is 5.88 Å². The van der Waals surface area contributed by atoms with Gasteiger partial charge in [0.2, 0.25) is 11.8 Å². The first kappa shape index (κ1) is 33.8. The molecule has 0 radical (unpaired) electrons. The second-order valence-corrected chi connectivity index (χ2v) is 12.9. The Morgan fingerprint density at radius 2 is 1.75 bits per heavy atom. The summed E-state index contributed by atoms with van der Waals surface area (Å²) in [5.41, 5.74) is 8.93. The largest absolute Gasteiger partial charge is 0.475 e. The predicted molar refractivity (Wildman–Crippen MR) is 173 cm³/mol. The van der Waals surface area contributed by atoms with Crippen molar-refractivity contribution >= 4 is 33.9 Å². The van der Waals surface area contributed by atoms with E-state index in [9.17, 15) is 13.2 Å². The van der Waals surface area contributed by atoms with Gasteiger partial charge in [-0.2, -0.15) is 0 Å². The molecule has 9 nitrogen and oxygen atoms in total. The van der Waals surface area contributed by atoms with Crippen LogP contribution in [0.4, 0.5) is 10.1 Å². The highest BCUT2D eigenvalue weighted by atomic mass is 35.5. The highest BCUT2D eigenvalue weighted by Gasteiger charge is 2.29. The van der Waals surface area contributed by atoms with Crippen LogP contribution in [0.1, 0.15) is 55.7 Å². The lowest BCUT2D eigenvalue weighted by molar-refractivity contribution is -0.117. The molecule has 0 bridgehead atoms. The maximum Gasteiger partial charge on any atom is 0.242 e. The van der Waals surface area contributed by atoms with E-state index in [4.69, 9.17) is 22.1 Å². The molecule has 12 heteroatoms. The van der Waals surface area contributed by atoms with Crippen LogP contribution in [-0.2, 0) is 21.9 Å². The third-order valence-corrected chi connectivity index (χ3v) is 8.62. The zero-order valence-corrected chi connectivity index (χ0v) is 26.6. The number of anilines is 1. The molecule has 4 atom stereocenters. The third kappa shape index (κ3) is 9.70. The lowest BCUT2D eigenvalue weighted by Crippen LogP contribution is -2.54. The Bertz CT molecular complexity index is 1440. The van der Waals surface area contributed by atoms with E-state index in [1.54, 1.807) is 36.5 Å². The number of amides is 1. The SMILES string of the molecule is CC(C)Oc1ccc([C@H](c2ccc(Cl)cc2)[C@H](N)C(=O)Nc2cccc(F)c2CCC2CNC(CCC[SH](=O)=O)CN2)cn1. The summed E-state index contributed by atoms with van der Waals surface area (Å²) in [4.78, 5) is 18.0. The molecule has 0 saturated carbocycles. The van der Waals surface area contributed by atoms with Gasteiger partial charge in [-0.05, 0) is 74.9 Å². The number of hydrogen-bond donors (Lipinski definition) is 5. The summed E-state index contributed by atoms with van der Waals surface area (Å²) in [7, 11) is -2.35. The van der Waals surface area contributed by atoms with Crippen molar-refractivity contribution in [2.24, 2.45) is 5.73 Å². The predicted octanol–water partition coefficient (Wildman–Crippen LogP) is 4.01. The summed E-state index contributed by atoms with van der Waals surface area (Å²) in [6, 6.07) is 14.7. The number of ether oxygens (including phenoxy) is 1. The van der Waals surface area contributed by atoms with Gasteiger partial charge in [-0.25, -0.2) is 17.8 Å². The zero-order valence-electron chi connectivity index (χ0n) is 25.0. The number of carbonyl (C=O) groups is 1. The van der Waals surface area contributed by atoms with E-state index >= 15 is 4.39 Å². The molecule has 1 aromatic heterocycles. The average molecular weight is 646 g/mol. The van der Waals surface area contributed by atoms with E-state index in [0.717, 1.165) is 17.5 Å². The molecule has 1 amide bonds. The van der Waals surface area contributed by atoms with Gasteiger partial charge in [0, 0.05) is 65.4 Å². The summed E-state index contributed by atoms with van der Waals surface area (Å²) >= 11 is 6.13. The standard InChI is InChI=1S/C32H41ClFN5O4S/c1-20(2)43-29-15-10-22(17-38-29)30(21-8-11-23(33)12-9-21)31(35)32(40)39-28-7-3-6-27(34)26(28)14-13-25-19-36-24(18-37-25)5-4-16-44(41)42/h3,6-12,15,17,20,24-25,30-31,36-37,44H,4-5,13-14,16,18-19,35H2,1-2H3,(H,39,40)/t24?,25?,30-,31-/m0/s1. The van der Waals surface area contributed by atoms with Crippen LogP contribution in [0.15, 0.2) is 60.8 Å². The summed E-state index contributed by atoms with van der Waals surface area (Å²) in [5, 5.41) is 10.4. The van der Waals surface area contributed by atoms with Crippen LogP contribution in [0.3, 0.4) is 0 Å². The van der Waals surface area contributed by atoms with Gasteiger partial charge in [-0.3, -0.25) is 4.79 Å². The van der Waals surface area contributed by atoms with Gasteiger partial charge < -0.3 is 26.4 Å². The second kappa shape index (κ2) is 16.3. The van der Waals surface area contributed by atoms with Crippen molar-refractivity contribution in [1.29, 1.82) is 0 Å². The van der Waals surface area contributed by atoms with Crippen LogP contribution in [0.5, 0.6) is 5.88 Å². The molecule has 1 aliphatic heterocycles. The minimum absolute atomic E-state index is 0.0364. The van der Waals surface area contributed by atoms with Crippen molar-refractivity contribution in [2.75, 3.05) is 24.2 Å². The van der Waals surface area contributed by atoms with Crippen LogP contribution in [0.2, 0.25) is 5.02 Å². The number of hydrogen-bond acceptors (Lipinski definition) is 8. The topological polar surface area (TPSA) is 135 Å². The monoisotopic (exact) mass is 645 g/mol. The Morgan fingerprint density at radius 3 is 2.36 bits per heavy atom. The molecule has 0 aliphatic carbocycles. The van der Waals surface area contributed by atoms with Crippen LogP contribution >= 0.6 is 11.6 Å². The number of rotatable bonds is 14. The molecule has 238 valence electrons. The maximum atomic E-state index is 15.1. The van der Waals surface area contributed by atoms with Gasteiger partial charge >= 0.3 is 0 Å². The molecule has 5 N–H and O–H groups in total. The van der Waals surface area contributed by atoms with Gasteiger partial charge in [0.1, 0.15) is 16.5 Å². The van der Waals surface area contributed by atoms with Crippen molar-refractivity contribution in [3.05, 3.63) is 88.3 Å². The highest BCUT2D eigenvalue weighted by Crippen LogP contribution is 2.30. The number of halogens is 2. The Balaban J connectivity index is 1.44. The lowest BCUT2D eigenvalue weighted by atomic mass is 9.85. The van der Waals surface area contributed by atoms with Crippen LogP contribution < -0.4 is 26.4 Å². The summed E-state index contributed by atoms with van der Waals surface area (Å²) in [5.74, 6) is -0.747. The number of nitrogens with one attached hydrogen (secondary N) is 3. The number of nitrogens with two attached hydrogens (primary N) is 1. The number of thiol groups is 1. The zero-order chi connectivity index (χ0) is 31.6. The van der Waals surface area contributed by atoms with Gasteiger partial charge in [0.15, 0.2) is 0 Å². The minimum atomic E-state index is -2.35. The molecular formula is C32H41ClFN5O4S. The van der Waals surface area contributed by atoms with Crippen LogP contribution in [-0.4, -0.2) is 62.4 Å². The van der Waals surface area contributed by atoms with E-state index in [2.05, 4.69) is 20.9 Å². The molecule has 3 aromatic rings. The fraction of sp³-hybridized carbons (Fsp3) is 0.438. The van der Waals surface area contributed by atoms with Gasteiger partial charge in [-0.1, -0.05) is 35.9 Å². The smallest absolute Gasteiger partial charge is 0.242 e. The fourth-order valence-corrected chi connectivity index (χ4v) is 5.98. The number of carbonyl (C=O) groups excluding carboxylic acids is 1. The third-order valence-electron chi connectivity index (χ3n) is 7.68. The van der Waals surface area contributed by atoms with E-state index < -0.39 is 34.4 Å². The summed E-state index contributed by atoms with van der Waals surface area (Å²) in [6.45, 7) is 5.23. The molecule has 1 saturated heterocycles. The first-order valence-corrected chi connectivity index (χ1v) is 16.6. The van der Waals surface area contributed by atoms with Gasteiger partial charge in [-0.15, -0.1) is 0 Å². The molecule has 1 fully saturated rings. The molecule has 2 unspecified atom stereocenters. The normalized spacial score (nSPS) is 18.2. The molecule has 44 heavy (non-hydrogen) atoms. The Morgan fingerprint density at radius 1 is 1.07 bits per heavy atom. The molecule has 2 aromatic carbocycles. The summed E-state index contributed by atoms with van der Waals surface area (Å²) < 4.78 is 42.4. The van der Waals surface area contributed by atoms with Crippen LogP contribution in [0, 0.1) is 5.82 Å². The quantitative estimate of drug-likeness (QED) is 0.166. The highest BCUT2D eigenvalue weighted by molar-refractivity contribution is 7.72. The van der Waals surface area contributed by atoms with Crippen molar-refractivity contribution in [1.82, 2.24) is 15.6 Å². The first-order valence-electron chi connectivity index (χ1n) is 14.9. The molecular weight excluding hydrogens is 605 g/mol. The summed E-state index contributed by atoms with van der Waals surface area (Å²) in [6.07, 6.45) is 4.06. The second-order valence-electron chi connectivity index (χ2n) is 11.4. The van der Waals surface area contributed by atoms with Crippen molar-refractivity contribution in [2.45, 2.75) is 69.7 Å². The first-order chi connectivity index (χ1) is 21.1. The number of pyridine rings is 1. The van der Waals surface area contributed by atoms with Gasteiger partial charge in [0.05, 0.1) is 12.1 Å². The maximum absolute atomic E-state index is 15.1. The number of benzene rings is 2. The van der Waals surface area contributed by atoms with Crippen LogP contribution in [0.25, 0.3) is 0 Å². The molecule has 1 aliphatic rings. The van der Waals surface area contributed by atoms with E-state index in [0.29, 0.717) is 54.5 Å². The van der Waals surface area contributed by atoms with E-state index in [-0.39, 0.29) is 23.9 Å². The fourth-order valence-electron chi connectivity index (χ4n) is 5.42. The minimum Gasteiger partial charge on any atom is -0.475 e. The average Bonchev–Trinajstić information content (AvgIpc) is 2.99. The molecule has 4 rings (SSSR count). The Hall–Kier alpha value is -3.09. The van der Waals surface area contributed by atoms with E-state index in [1.807, 2.05) is 32.0 Å². The molecule has 2 heterocycles. The number of piperazine rings is 1. The Labute approximate surface area is 265 Å². The number of aromatic nitrogens is 1. The van der Waals surface area contributed by atoms with E-state index in [1.165, 1.54) is 6.07 Å². The van der Waals surface area contributed by atoms with Crippen molar-refractivity contribution in [3.63, 3.8) is 0 Å². The number of nitrogens with zero attached hydrogens (tertiary/aromatic N) is 1. The Kier molecular flexibility index (Phi) is 12.5. The molecule has 0 spiro atoms. The lowest BCUT2D eigenvalue weighted by Gasteiger charge is -2.31. The van der Waals surface area contributed by atoms with Gasteiger partial charge in [0.25, 0.3) is 0 Å². The van der Waals surface area contributed by atoms with Crippen molar-refractivity contribution < 1.29 is 22.3 Å².